The van der Waals surface area contributed by atoms with Crippen LogP contribution in [0.5, 0.6) is 0 Å². The molecule has 0 amide bonds. The van der Waals surface area contributed by atoms with Gasteiger partial charge in [0.1, 0.15) is 5.78 Å². The zero-order chi connectivity index (χ0) is 33.2. The van der Waals surface area contributed by atoms with Crippen molar-refractivity contribution in [3.8, 4) is 0 Å². The molecule has 9 nitrogen and oxygen atoms in total. The first-order valence-electron chi connectivity index (χ1n) is 15.2. The second kappa shape index (κ2) is 25.5. The molecule has 9 heteroatoms. The molecule has 0 aromatic rings. The highest BCUT2D eigenvalue weighted by Crippen LogP contribution is 2.12. The zero-order valence-corrected chi connectivity index (χ0v) is 26.8. The van der Waals surface area contributed by atoms with Gasteiger partial charge >= 0.3 is 23.9 Å². The van der Waals surface area contributed by atoms with E-state index in [0.717, 1.165) is 45.4 Å². The van der Waals surface area contributed by atoms with Gasteiger partial charge in [-0.2, -0.15) is 0 Å². The molecule has 0 aliphatic rings. The maximum atomic E-state index is 12.3. The maximum absolute atomic E-state index is 12.3. The Kier molecular flexibility index (Phi) is 23.2. The van der Waals surface area contributed by atoms with Crippen LogP contribution in [0.25, 0.3) is 0 Å². The van der Waals surface area contributed by atoms with Gasteiger partial charge in [0.05, 0.1) is 5.92 Å². The van der Waals surface area contributed by atoms with Gasteiger partial charge in [-0.15, -0.1) is 0 Å². The Morgan fingerprint density at radius 1 is 0.545 bits per heavy atom. The number of aliphatic carboxylic acids is 1. The Bertz CT molecular complexity index is 1060. The summed E-state index contributed by atoms with van der Waals surface area (Å²) in [4.78, 5) is 59.3. The summed E-state index contributed by atoms with van der Waals surface area (Å²) < 4.78 is 14.6. The van der Waals surface area contributed by atoms with Crippen LogP contribution in [0.2, 0.25) is 0 Å². The van der Waals surface area contributed by atoms with Gasteiger partial charge in [0.15, 0.2) is 18.3 Å². The zero-order valence-electron chi connectivity index (χ0n) is 26.8. The molecule has 0 fully saturated rings. The van der Waals surface area contributed by atoms with Gasteiger partial charge in [-0.3, -0.25) is 9.59 Å². The number of ether oxygens (including phenoxy) is 3. The SMILES string of the molecule is CC/C=C\C/C=C\C/C=C\C/C=C\C/C=C\C/C=C\CCC(=O)C[C@@H](C)C(=O)O[C@@H](C)C(=O)O[C@@H](C)C(=O)O[C@@H](C)C(=O)O. The van der Waals surface area contributed by atoms with Crippen LogP contribution < -0.4 is 0 Å². The molecule has 244 valence electrons. The Hall–Kier alpha value is -4.01. The molecule has 0 aliphatic carbocycles. The number of esters is 3. The Morgan fingerprint density at radius 3 is 1.32 bits per heavy atom. The van der Waals surface area contributed by atoms with Crippen LogP contribution in [-0.4, -0.2) is 53.1 Å². The molecule has 0 radical (unpaired) electrons. The third-order valence-corrected chi connectivity index (χ3v) is 6.01. The molecule has 0 bridgehead atoms. The summed E-state index contributed by atoms with van der Waals surface area (Å²) in [6.45, 7) is 7.30. The average molecular weight is 615 g/mol. The Balaban J connectivity index is 4.13. The van der Waals surface area contributed by atoms with Crippen molar-refractivity contribution in [3.05, 3.63) is 72.9 Å². The molecule has 4 atom stereocenters. The number of hydrogen-bond donors (Lipinski definition) is 1. The molecule has 0 heterocycles. The predicted molar refractivity (Wildman–Crippen MR) is 171 cm³/mol. The first-order valence-corrected chi connectivity index (χ1v) is 15.2. The van der Waals surface area contributed by atoms with E-state index in [9.17, 15) is 24.0 Å². The monoisotopic (exact) mass is 614 g/mol. The third kappa shape index (κ3) is 21.7. The molecule has 1 N–H and O–H groups in total. The van der Waals surface area contributed by atoms with E-state index < -0.39 is 48.1 Å². The lowest BCUT2D eigenvalue weighted by Gasteiger charge is -2.18. The molecular formula is C35H50O9. The van der Waals surface area contributed by atoms with Crippen molar-refractivity contribution < 1.29 is 43.3 Å². The molecule has 0 aliphatic heterocycles. The highest BCUT2D eigenvalue weighted by Gasteiger charge is 2.29. The van der Waals surface area contributed by atoms with Gasteiger partial charge in [0, 0.05) is 12.8 Å². The van der Waals surface area contributed by atoms with E-state index in [-0.39, 0.29) is 18.6 Å². The van der Waals surface area contributed by atoms with Crippen LogP contribution in [0.3, 0.4) is 0 Å². The maximum Gasteiger partial charge on any atom is 0.347 e. The lowest BCUT2D eigenvalue weighted by Crippen LogP contribution is -2.36. The summed E-state index contributed by atoms with van der Waals surface area (Å²) in [5.74, 6) is -5.00. The van der Waals surface area contributed by atoms with Gasteiger partial charge in [0.25, 0.3) is 0 Å². The second-order valence-electron chi connectivity index (χ2n) is 10.2. The number of Topliss-reactive ketones (excluding diaryl/α,β-unsaturated/α-hetero) is 1. The summed E-state index contributed by atoms with van der Waals surface area (Å²) in [6, 6.07) is 0. The van der Waals surface area contributed by atoms with Crippen LogP contribution in [0.15, 0.2) is 72.9 Å². The number of carboxylic acid groups (broad SMARTS) is 1. The van der Waals surface area contributed by atoms with Crippen molar-refractivity contribution in [2.24, 2.45) is 5.92 Å². The fourth-order valence-corrected chi connectivity index (χ4v) is 3.39. The van der Waals surface area contributed by atoms with Crippen molar-refractivity contribution >= 4 is 29.7 Å². The number of carbonyl (C=O) groups excluding carboxylic acids is 4. The smallest absolute Gasteiger partial charge is 0.347 e. The molecule has 0 spiro atoms. The summed E-state index contributed by atoms with van der Waals surface area (Å²) in [5, 5.41) is 8.78. The highest BCUT2D eigenvalue weighted by molar-refractivity contribution is 5.87. The van der Waals surface area contributed by atoms with Gasteiger partial charge in [-0.1, -0.05) is 86.8 Å². The lowest BCUT2D eigenvalue weighted by atomic mass is 10.0. The normalized spacial score (nSPS) is 14.9. The molecule has 0 rings (SSSR count). The first-order chi connectivity index (χ1) is 21.0. The Morgan fingerprint density at radius 2 is 0.909 bits per heavy atom. The minimum atomic E-state index is -1.41. The highest BCUT2D eigenvalue weighted by atomic mass is 16.6. The van der Waals surface area contributed by atoms with Crippen molar-refractivity contribution in [2.45, 2.75) is 111 Å². The summed E-state index contributed by atoms with van der Waals surface area (Å²) in [6.07, 6.45) is 27.7. The van der Waals surface area contributed by atoms with E-state index in [2.05, 4.69) is 72.4 Å². The third-order valence-electron chi connectivity index (χ3n) is 6.01. The van der Waals surface area contributed by atoms with Crippen LogP contribution in [0.1, 0.15) is 92.4 Å². The molecule has 0 aromatic heterocycles. The number of rotatable bonds is 23. The van der Waals surface area contributed by atoms with E-state index in [0.29, 0.717) is 6.42 Å². The minimum Gasteiger partial charge on any atom is -0.479 e. The summed E-state index contributed by atoms with van der Waals surface area (Å²) in [7, 11) is 0. The van der Waals surface area contributed by atoms with E-state index in [1.165, 1.54) is 20.8 Å². The summed E-state index contributed by atoms with van der Waals surface area (Å²) in [5.41, 5.74) is 0. The van der Waals surface area contributed by atoms with E-state index in [1.807, 2.05) is 12.2 Å². The molecule has 0 saturated heterocycles. The number of hydrogen-bond acceptors (Lipinski definition) is 8. The van der Waals surface area contributed by atoms with Crippen molar-refractivity contribution in [1.82, 2.24) is 0 Å². The lowest BCUT2D eigenvalue weighted by molar-refractivity contribution is -0.181. The van der Waals surface area contributed by atoms with Crippen molar-refractivity contribution in [2.75, 3.05) is 0 Å². The van der Waals surface area contributed by atoms with Crippen molar-refractivity contribution in [1.29, 1.82) is 0 Å². The van der Waals surface area contributed by atoms with Gasteiger partial charge in [0.2, 0.25) is 0 Å². The first kappa shape index (κ1) is 40.0. The van der Waals surface area contributed by atoms with E-state index >= 15 is 0 Å². The van der Waals surface area contributed by atoms with Crippen LogP contribution in [0, 0.1) is 5.92 Å². The van der Waals surface area contributed by atoms with Gasteiger partial charge in [-0.25, -0.2) is 14.4 Å². The molecule has 0 aromatic carbocycles. The number of carbonyl (C=O) groups is 5. The van der Waals surface area contributed by atoms with Crippen molar-refractivity contribution in [3.63, 3.8) is 0 Å². The van der Waals surface area contributed by atoms with Gasteiger partial charge in [-0.05, 0) is 65.7 Å². The number of ketones is 1. The second-order valence-corrected chi connectivity index (χ2v) is 10.2. The standard InChI is InChI=1S/C35H50O9/c1-6-7-8-9-10-11-12-13-14-15-16-17-18-19-20-21-22-23-24-25-31(36)26-27(2)33(39)43-29(4)35(41)44-30(5)34(40)42-28(3)32(37)38/h7-8,10-11,13-14,16-17,19-20,22-23,27-30H,6,9,12,15,18,21,24-26H2,1-5H3,(H,37,38)/b8-7-,11-10-,14-13-,17-16-,20-19-,23-22-/t27-,28+,29+,30+/m1/s1. The Labute approximate surface area is 262 Å². The number of carboxylic acids is 1. The number of allylic oxidation sites excluding steroid dienone is 12. The topological polar surface area (TPSA) is 133 Å². The predicted octanol–water partition coefficient (Wildman–Crippen LogP) is 6.94. The molecule has 44 heavy (non-hydrogen) atoms. The van der Waals surface area contributed by atoms with Crippen LogP contribution >= 0.6 is 0 Å². The molecule has 0 unspecified atom stereocenters. The molecule has 0 saturated carbocycles. The minimum absolute atomic E-state index is 0.0288. The van der Waals surface area contributed by atoms with E-state index in [4.69, 9.17) is 14.6 Å². The quantitative estimate of drug-likeness (QED) is 0.0738. The fraction of sp³-hybridized carbons (Fsp3) is 0.514. The summed E-state index contributed by atoms with van der Waals surface area (Å²) >= 11 is 0. The van der Waals surface area contributed by atoms with E-state index in [1.54, 1.807) is 0 Å². The fourth-order valence-electron chi connectivity index (χ4n) is 3.39. The molecular weight excluding hydrogens is 564 g/mol. The van der Waals surface area contributed by atoms with Crippen LogP contribution in [0.4, 0.5) is 0 Å². The van der Waals surface area contributed by atoms with Crippen LogP contribution in [-0.2, 0) is 38.2 Å². The average Bonchev–Trinajstić information content (AvgIpc) is 2.97. The largest absolute Gasteiger partial charge is 0.479 e. The van der Waals surface area contributed by atoms with Gasteiger partial charge < -0.3 is 19.3 Å².